The van der Waals surface area contributed by atoms with Gasteiger partial charge in [-0.05, 0) is 36.8 Å². The smallest absolute Gasteiger partial charge is 0.339 e. The van der Waals surface area contributed by atoms with Crippen molar-refractivity contribution in [3.8, 4) is 0 Å². The van der Waals surface area contributed by atoms with Gasteiger partial charge in [0, 0.05) is 5.02 Å². The average molecular weight is 425 g/mol. The van der Waals surface area contributed by atoms with E-state index >= 15 is 0 Å². The lowest BCUT2D eigenvalue weighted by Gasteiger charge is -2.30. The highest BCUT2D eigenvalue weighted by Crippen LogP contribution is 2.26. The number of hydrogen-bond donors (Lipinski definition) is 1. The Balaban J connectivity index is 2.42. The standard InChI is InChI=1S/C19H21ClN2O5S/c1-4-17(22(28(3,25)26)14-9-7-8-13(20)12-14)18(23)21-16-11-6-5-10-15(16)19(24)27-2/h5-12,17H,4H2,1-3H3,(H,21,23). The zero-order valence-electron chi connectivity index (χ0n) is 15.7. The first-order valence-corrected chi connectivity index (χ1v) is 10.6. The van der Waals surface area contributed by atoms with Crippen LogP contribution in [0.5, 0.6) is 0 Å². The van der Waals surface area contributed by atoms with E-state index in [4.69, 9.17) is 16.3 Å². The molecule has 0 radical (unpaired) electrons. The maximum atomic E-state index is 13.0. The van der Waals surface area contributed by atoms with Crippen LogP contribution in [0.2, 0.25) is 5.02 Å². The van der Waals surface area contributed by atoms with E-state index in [1.165, 1.54) is 19.2 Å². The van der Waals surface area contributed by atoms with E-state index in [-0.39, 0.29) is 23.4 Å². The molecule has 0 heterocycles. The van der Waals surface area contributed by atoms with Gasteiger partial charge in [0.2, 0.25) is 15.9 Å². The predicted octanol–water partition coefficient (Wildman–Crippen LogP) is 3.31. The average Bonchev–Trinajstić information content (AvgIpc) is 2.64. The number of halogens is 1. The van der Waals surface area contributed by atoms with E-state index in [0.717, 1.165) is 10.6 Å². The van der Waals surface area contributed by atoms with Gasteiger partial charge in [0.15, 0.2) is 0 Å². The molecule has 0 saturated heterocycles. The van der Waals surface area contributed by atoms with Crippen LogP contribution in [0.3, 0.4) is 0 Å². The summed E-state index contributed by atoms with van der Waals surface area (Å²) in [5.74, 6) is -1.19. The molecule has 0 aliphatic heterocycles. The van der Waals surface area contributed by atoms with Crippen LogP contribution in [0, 0.1) is 0 Å². The minimum atomic E-state index is -3.79. The Morgan fingerprint density at radius 3 is 2.43 bits per heavy atom. The Bertz CT molecular complexity index is 978. The highest BCUT2D eigenvalue weighted by molar-refractivity contribution is 7.92. The van der Waals surface area contributed by atoms with E-state index in [0.29, 0.717) is 5.02 Å². The number of rotatable bonds is 7. The van der Waals surface area contributed by atoms with Crippen molar-refractivity contribution in [1.29, 1.82) is 0 Å². The summed E-state index contributed by atoms with van der Waals surface area (Å²) < 4.78 is 30.6. The van der Waals surface area contributed by atoms with E-state index in [9.17, 15) is 18.0 Å². The monoisotopic (exact) mass is 424 g/mol. The molecule has 9 heteroatoms. The number of methoxy groups -OCH3 is 1. The quantitative estimate of drug-likeness (QED) is 0.688. The lowest BCUT2D eigenvalue weighted by atomic mass is 10.1. The molecule has 0 spiro atoms. The van der Waals surface area contributed by atoms with Crippen LogP contribution in [0.25, 0.3) is 0 Å². The van der Waals surface area contributed by atoms with Crippen LogP contribution in [0.1, 0.15) is 23.7 Å². The van der Waals surface area contributed by atoms with Crippen molar-refractivity contribution in [1.82, 2.24) is 0 Å². The molecule has 2 aromatic rings. The Morgan fingerprint density at radius 2 is 1.86 bits per heavy atom. The van der Waals surface area contributed by atoms with Gasteiger partial charge in [-0.1, -0.05) is 36.7 Å². The summed E-state index contributed by atoms with van der Waals surface area (Å²) in [4.78, 5) is 24.9. The molecular weight excluding hydrogens is 404 g/mol. The van der Waals surface area contributed by atoms with Gasteiger partial charge in [0.05, 0.1) is 30.3 Å². The second kappa shape index (κ2) is 9.07. The van der Waals surface area contributed by atoms with Crippen LogP contribution in [0.15, 0.2) is 48.5 Å². The Labute approximate surface area is 169 Å². The third-order valence-electron chi connectivity index (χ3n) is 3.98. The molecule has 2 rings (SSSR count). The highest BCUT2D eigenvalue weighted by atomic mass is 35.5. The van der Waals surface area contributed by atoms with Crippen molar-refractivity contribution in [3.05, 3.63) is 59.1 Å². The molecular formula is C19H21ClN2O5S. The Kier molecular flexibility index (Phi) is 7.04. The number of carbonyl (C=O) groups is 2. The second-order valence-corrected chi connectivity index (χ2v) is 8.29. The predicted molar refractivity (Wildman–Crippen MR) is 109 cm³/mol. The molecule has 0 bridgehead atoms. The molecule has 2 aromatic carbocycles. The van der Waals surface area contributed by atoms with E-state index in [2.05, 4.69) is 5.32 Å². The molecule has 7 nitrogen and oxygen atoms in total. The minimum Gasteiger partial charge on any atom is -0.465 e. The molecule has 0 aliphatic carbocycles. The number of carbonyl (C=O) groups excluding carboxylic acids is 2. The fraction of sp³-hybridized carbons (Fsp3) is 0.263. The Hall–Kier alpha value is -2.58. The molecule has 0 aliphatic rings. The van der Waals surface area contributed by atoms with Gasteiger partial charge in [0.25, 0.3) is 0 Å². The van der Waals surface area contributed by atoms with Gasteiger partial charge < -0.3 is 10.1 Å². The van der Waals surface area contributed by atoms with Crippen molar-refractivity contribution in [2.24, 2.45) is 0 Å². The number of benzene rings is 2. The summed E-state index contributed by atoms with van der Waals surface area (Å²) in [6.07, 6.45) is 1.22. The number of sulfonamides is 1. The molecule has 0 aromatic heterocycles. The lowest BCUT2D eigenvalue weighted by molar-refractivity contribution is -0.117. The number of hydrogen-bond acceptors (Lipinski definition) is 5. The third-order valence-corrected chi connectivity index (χ3v) is 5.40. The molecule has 1 N–H and O–H groups in total. The van der Waals surface area contributed by atoms with Crippen LogP contribution < -0.4 is 9.62 Å². The molecule has 28 heavy (non-hydrogen) atoms. The SMILES string of the molecule is CCC(C(=O)Nc1ccccc1C(=O)OC)N(c1cccc(Cl)c1)S(C)(=O)=O. The van der Waals surface area contributed by atoms with Crippen molar-refractivity contribution in [3.63, 3.8) is 0 Å². The van der Waals surface area contributed by atoms with Gasteiger partial charge in [0.1, 0.15) is 6.04 Å². The first kappa shape index (κ1) is 21.7. The van der Waals surface area contributed by atoms with Gasteiger partial charge in [-0.2, -0.15) is 0 Å². The van der Waals surface area contributed by atoms with Crippen molar-refractivity contribution in [2.45, 2.75) is 19.4 Å². The Morgan fingerprint density at radius 1 is 1.18 bits per heavy atom. The maximum Gasteiger partial charge on any atom is 0.339 e. The molecule has 1 unspecified atom stereocenters. The first-order chi connectivity index (χ1) is 13.2. The number of para-hydroxylation sites is 1. The van der Waals surface area contributed by atoms with Crippen LogP contribution in [-0.2, 0) is 19.6 Å². The van der Waals surface area contributed by atoms with Crippen LogP contribution in [0.4, 0.5) is 11.4 Å². The van der Waals surface area contributed by atoms with Gasteiger partial charge in [-0.3, -0.25) is 9.10 Å². The zero-order valence-corrected chi connectivity index (χ0v) is 17.3. The number of amides is 1. The number of ether oxygens (including phenoxy) is 1. The lowest BCUT2D eigenvalue weighted by Crippen LogP contribution is -2.47. The van der Waals surface area contributed by atoms with Crippen molar-refractivity contribution < 1.29 is 22.7 Å². The highest BCUT2D eigenvalue weighted by Gasteiger charge is 2.32. The topological polar surface area (TPSA) is 92.8 Å². The maximum absolute atomic E-state index is 13.0. The molecule has 1 atom stereocenters. The van der Waals surface area contributed by atoms with Crippen LogP contribution in [-0.4, -0.2) is 39.7 Å². The van der Waals surface area contributed by atoms with Gasteiger partial charge >= 0.3 is 5.97 Å². The number of nitrogens with one attached hydrogen (secondary N) is 1. The normalized spacial score (nSPS) is 12.1. The summed E-state index contributed by atoms with van der Waals surface area (Å²) in [6, 6.07) is 11.5. The zero-order chi connectivity index (χ0) is 20.9. The van der Waals surface area contributed by atoms with Crippen LogP contribution >= 0.6 is 11.6 Å². The number of anilines is 2. The second-order valence-electron chi connectivity index (χ2n) is 5.99. The number of esters is 1. The fourth-order valence-electron chi connectivity index (χ4n) is 2.77. The van der Waals surface area contributed by atoms with Crippen molar-refractivity contribution >= 4 is 44.9 Å². The summed E-state index contributed by atoms with van der Waals surface area (Å²) >= 11 is 5.99. The third kappa shape index (κ3) is 5.02. The number of nitrogens with zero attached hydrogens (tertiary/aromatic N) is 1. The molecule has 1 amide bonds. The first-order valence-electron chi connectivity index (χ1n) is 8.42. The van der Waals surface area contributed by atoms with Gasteiger partial charge in [-0.25, -0.2) is 13.2 Å². The minimum absolute atomic E-state index is 0.168. The summed E-state index contributed by atoms with van der Waals surface area (Å²) in [6.45, 7) is 1.69. The van der Waals surface area contributed by atoms with E-state index in [1.54, 1.807) is 43.3 Å². The fourth-order valence-corrected chi connectivity index (χ4v) is 4.16. The van der Waals surface area contributed by atoms with E-state index in [1.807, 2.05) is 0 Å². The van der Waals surface area contributed by atoms with Gasteiger partial charge in [-0.15, -0.1) is 0 Å². The van der Waals surface area contributed by atoms with Crippen molar-refractivity contribution in [2.75, 3.05) is 23.0 Å². The summed E-state index contributed by atoms with van der Waals surface area (Å²) in [5.41, 5.74) is 0.678. The summed E-state index contributed by atoms with van der Waals surface area (Å²) in [5, 5.41) is 2.98. The summed E-state index contributed by atoms with van der Waals surface area (Å²) in [7, 11) is -2.56. The molecule has 0 saturated carbocycles. The molecule has 0 fully saturated rings. The largest absolute Gasteiger partial charge is 0.465 e. The van der Waals surface area contributed by atoms with E-state index < -0.39 is 27.9 Å². The molecule has 150 valence electrons.